The van der Waals surface area contributed by atoms with E-state index in [4.69, 9.17) is 4.74 Å². The van der Waals surface area contributed by atoms with Crippen molar-refractivity contribution < 1.29 is 4.74 Å². The first-order valence-corrected chi connectivity index (χ1v) is 14.9. The van der Waals surface area contributed by atoms with Gasteiger partial charge in [0.05, 0.1) is 48.8 Å². The molecular weight excluding hydrogens is 560 g/mol. The first-order valence-electron chi connectivity index (χ1n) is 14.9. The van der Waals surface area contributed by atoms with Gasteiger partial charge in [-0.15, -0.1) is 10.2 Å². The van der Waals surface area contributed by atoms with Crippen LogP contribution in [0, 0.1) is 6.92 Å². The Bertz CT molecular complexity index is 2110. The number of benzene rings is 3. The van der Waals surface area contributed by atoms with Gasteiger partial charge in [0.1, 0.15) is 23.7 Å². The van der Waals surface area contributed by atoms with Gasteiger partial charge in [0.2, 0.25) is 0 Å². The Balaban J connectivity index is 1.08. The highest BCUT2D eigenvalue weighted by Crippen LogP contribution is 2.33. The molecular formula is C36H32N8O. The van der Waals surface area contributed by atoms with Crippen LogP contribution in [0.2, 0.25) is 0 Å². The molecule has 0 bridgehead atoms. The number of nitrogens with zero attached hydrogens (tertiary/aromatic N) is 8. The summed E-state index contributed by atoms with van der Waals surface area (Å²) in [7, 11) is 0. The zero-order chi connectivity index (χ0) is 30.4. The monoisotopic (exact) mass is 592 g/mol. The van der Waals surface area contributed by atoms with E-state index >= 15 is 0 Å². The second-order valence-electron chi connectivity index (χ2n) is 10.8. The molecule has 0 N–H and O–H groups in total. The van der Waals surface area contributed by atoms with Crippen LogP contribution in [0.3, 0.4) is 0 Å². The highest BCUT2D eigenvalue weighted by Gasteiger charge is 2.16. The van der Waals surface area contributed by atoms with Crippen LogP contribution in [0.25, 0.3) is 34.0 Å². The number of aryl methyl sites for hydroxylation is 1. The minimum atomic E-state index is 0.319. The Kier molecular flexibility index (Phi) is 7.96. The van der Waals surface area contributed by atoms with Crippen molar-refractivity contribution in [2.75, 3.05) is 0 Å². The quantitative estimate of drug-likeness (QED) is 0.165. The number of rotatable bonds is 11. The first-order chi connectivity index (χ1) is 22.2. The fourth-order valence-electron chi connectivity index (χ4n) is 5.49. The SMILES string of the molecule is Cc1nccc2c3ccc(OCc4cn(C/C=C/c5ccccc5)nn4)cc3n(Cc3cn(C/C=C/c4ccccc4)nn3)c12. The van der Waals surface area contributed by atoms with Crippen LogP contribution >= 0.6 is 0 Å². The average Bonchev–Trinajstić information content (AvgIpc) is 3.80. The Morgan fingerprint density at radius 1 is 0.711 bits per heavy atom. The highest BCUT2D eigenvalue weighted by atomic mass is 16.5. The molecule has 0 aliphatic heterocycles. The smallest absolute Gasteiger partial charge is 0.134 e. The van der Waals surface area contributed by atoms with E-state index in [0.29, 0.717) is 26.2 Å². The average molecular weight is 593 g/mol. The van der Waals surface area contributed by atoms with Crippen molar-refractivity contribution in [3.05, 3.63) is 144 Å². The predicted molar refractivity (Wildman–Crippen MR) is 176 cm³/mol. The Morgan fingerprint density at radius 3 is 2.04 bits per heavy atom. The molecule has 7 rings (SSSR count). The summed E-state index contributed by atoms with van der Waals surface area (Å²) in [4.78, 5) is 4.59. The summed E-state index contributed by atoms with van der Waals surface area (Å²) in [5, 5.41) is 19.7. The van der Waals surface area contributed by atoms with Crippen LogP contribution in [0.1, 0.15) is 28.2 Å². The molecule has 7 aromatic rings. The standard InChI is InChI=1S/C36H32N8O/c1-27-36-34(18-19-37-27)33-17-16-32(45-26-31-24-43(41-39-31)21-9-15-29-12-6-3-7-13-29)22-35(33)44(36)25-30-23-42(40-38-30)20-8-14-28-10-4-2-5-11-28/h2-19,22-24H,20-21,25-26H2,1H3/b14-8+,15-9+. The summed E-state index contributed by atoms with van der Waals surface area (Å²) >= 11 is 0. The van der Waals surface area contributed by atoms with Crippen molar-refractivity contribution in [3.63, 3.8) is 0 Å². The summed E-state index contributed by atoms with van der Waals surface area (Å²) in [5.41, 5.74) is 7.03. The summed E-state index contributed by atoms with van der Waals surface area (Å²) < 4.78 is 12.1. The van der Waals surface area contributed by atoms with Crippen molar-refractivity contribution in [3.8, 4) is 5.75 Å². The van der Waals surface area contributed by atoms with Crippen molar-refractivity contribution >= 4 is 34.0 Å². The van der Waals surface area contributed by atoms with E-state index in [0.717, 1.165) is 55.8 Å². The third-order valence-corrected chi connectivity index (χ3v) is 7.61. The van der Waals surface area contributed by atoms with E-state index in [9.17, 15) is 0 Å². The number of allylic oxidation sites excluding steroid dienone is 2. The minimum Gasteiger partial charge on any atom is -0.487 e. The molecule has 4 heterocycles. The minimum absolute atomic E-state index is 0.319. The molecule has 0 aliphatic carbocycles. The number of hydrogen-bond donors (Lipinski definition) is 0. The van der Waals surface area contributed by atoms with Crippen molar-refractivity contribution in [2.45, 2.75) is 33.2 Å². The van der Waals surface area contributed by atoms with E-state index < -0.39 is 0 Å². The number of ether oxygens (including phenoxy) is 1. The van der Waals surface area contributed by atoms with Crippen LogP contribution in [0.15, 0.2) is 116 Å². The molecule has 0 radical (unpaired) electrons. The normalized spacial score (nSPS) is 11.8. The van der Waals surface area contributed by atoms with Gasteiger partial charge in [0, 0.05) is 23.0 Å². The molecule has 0 fully saturated rings. The molecule has 0 atom stereocenters. The van der Waals surface area contributed by atoms with Crippen LogP contribution in [0.4, 0.5) is 0 Å². The van der Waals surface area contributed by atoms with Crippen molar-refractivity contribution in [2.24, 2.45) is 0 Å². The molecule has 9 heteroatoms. The second kappa shape index (κ2) is 12.8. The molecule has 45 heavy (non-hydrogen) atoms. The number of hydrogen-bond acceptors (Lipinski definition) is 6. The molecule has 0 amide bonds. The maximum Gasteiger partial charge on any atom is 0.134 e. The van der Waals surface area contributed by atoms with E-state index in [1.807, 2.05) is 72.7 Å². The van der Waals surface area contributed by atoms with Gasteiger partial charge >= 0.3 is 0 Å². The fourth-order valence-corrected chi connectivity index (χ4v) is 5.49. The molecule has 0 aliphatic rings. The van der Waals surface area contributed by atoms with Gasteiger partial charge < -0.3 is 9.30 Å². The number of fused-ring (bicyclic) bond motifs is 3. The lowest BCUT2D eigenvalue weighted by Crippen LogP contribution is -2.02. The molecule has 3 aromatic carbocycles. The number of pyridine rings is 1. The molecule has 222 valence electrons. The lowest BCUT2D eigenvalue weighted by atomic mass is 10.1. The van der Waals surface area contributed by atoms with Crippen LogP contribution < -0.4 is 4.74 Å². The fraction of sp³-hybridized carbons (Fsp3) is 0.139. The van der Waals surface area contributed by atoms with E-state index in [1.165, 1.54) is 0 Å². The van der Waals surface area contributed by atoms with Gasteiger partial charge in [-0.05, 0) is 36.2 Å². The summed E-state index contributed by atoms with van der Waals surface area (Å²) in [5.74, 6) is 0.755. The molecule has 9 nitrogen and oxygen atoms in total. The lowest BCUT2D eigenvalue weighted by Gasteiger charge is -2.08. The van der Waals surface area contributed by atoms with Crippen LogP contribution in [0.5, 0.6) is 5.75 Å². The van der Waals surface area contributed by atoms with Gasteiger partial charge in [-0.25, -0.2) is 9.36 Å². The third kappa shape index (κ3) is 6.42. The van der Waals surface area contributed by atoms with Crippen molar-refractivity contribution in [1.29, 1.82) is 0 Å². The van der Waals surface area contributed by atoms with Gasteiger partial charge in [0.25, 0.3) is 0 Å². The van der Waals surface area contributed by atoms with E-state index in [-0.39, 0.29) is 0 Å². The maximum absolute atomic E-state index is 6.20. The predicted octanol–water partition coefficient (Wildman–Crippen LogP) is 6.74. The topological polar surface area (TPSA) is 88.5 Å². The molecule has 0 saturated heterocycles. The van der Waals surface area contributed by atoms with E-state index in [1.54, 1.807) is 4.68 Å². The van der Waals surface area contributed by atoms with Crippen LogP contribution in [-0.2, 0) is 26.2 Å². The third-order valence-electron chi connectivity index (χ3n) is 7.61. The summed E-state index contributed by atoms with van der Waals surface area (Å²) in [6, 6.07) is 28.7. The lowest BCUT2D eigenvalue weighted by molar-refractivity contribution is 0.301. The summed E-state index contributed by atoms with van der Waals surface area (Å²) in [6.07, 6.45) is 14.1. The van der Waals surface area contributed by atoms with Gasteiger partial charge in [-0.1, -0.05) is 95.4 Å². The zero-order valence-corrected chi connectivity index (χ0v) is 24.9. The van der Waals surface area contributed by atoms with Gasteiger partial charge in [-0.3, -0.25) is 4.98 Å². The van der Waals surface area contributed by atoms with Crippen LogP contribution in [-0.4, -0.2) is 39.5 Å². The number of aromatic nitrogens is 8. The maximum atomic E-state index is 6.20. The zero-order valence-electron chi connectivity index (χ0n) is 24.9. The molecule has 0 unspecified atom stereocenters. The van der Waals surface area contributed by atoms with Crippen molar-refractivity contribution in [1.82, 2.24) is 39.5 Å². The molecule has 0 spiro atoms. The Labute approximate surface area is 260 Å². The Hall–Kier alpha value is -5.83. The summed E-state index contributed by atoms with van der Waals surface area (Å²) in [6.45, 7) is 4.19. The Morgan fingerprint density at radius 2 is 1.36 bits per heavy atom. The molecule has 4 aromatic heterocycles. The highest BCUT2D eigenvalue weighted by molar-refractivity contribution is 6.09. The van der Waals surface area contributed by atoms with E-state index in [2.05, 4.69) is 96.9 Å². The second-order valence-corrected chi connectivity index (χ2v) is 10.8. The van der Waals surface area contributed by atoms with Gasteiger partial charge in [-0.2, -0.15) is 0 Å². The first kappa shape index (κ1) is 28.0. The van der Waals surface area contributed by atoms with Gasteiger partial charge in [0.15, 0.2) is 0 Å². The molecule has 0 saturated carbocycles. The largest absolute Gasteiger partial charge is 0.487 e.